The van der Waals surface area contributed by atoms with Crippen molar-refractivity contribution in [3.05, 3.63) is 10.6 Å². The molecular weight excluding hydrogens is 266 g/mol. The zero-order chi connectivity index (χ0) is 14.4. The van der Waals surface area contributed by atoms with Crippen molar-refractivity contribution in [3.63, 3.8) is 0 Å². The lowest BCUT2D eigenvalue weighted by Gasteiger charge is -2.20. The summed E-state index contributed by atoms with van der Waals surface area (Å²) in [5.41, 5.74) is 1.30. The SMILES string of the molecule is CCCCN(c1nc(CC)c(CNCCC)s1)C1CC1. The van der Waals surface area contributed by atoms with E-state index in [-0.39, 0.29) is 0 Å². The second-order valence-corrected chi connectivity index (χ2v) is 6.74. The molecule has 1 heterocycles. The zero-order valence-corrected chi connectivity index (χ0v) is 14.1. The molecule has 0 atom stereocenters. The summed E-state index contributed by atoms with van der Waals surface area (Å²) in [6, 6.07) is 0.772. The van der Waals surface area contributed by atoms with E-state index in [1.54, 1.807) is 0 Å². The van der Waals surface area contributed by atoms with Crippen molar-refractivity contribution >= 4 is 16.5 Å². The van der Waals surface area contributed by atoms with Crippen molar-refractivity contribution in [2.45, 2.75) is 71.9 Å². The summed E-state index contributed by atoms with van der Waals surface area (Å²) in [6.45, 7) is 9.96. The Balaban J connectivity index is 2.05. The Morgan fingerprint density at radius 3 is 2.65 bits per heavy atom. The lowest BCUT2D eigenvalue weighted by molar-refractivity contribution is 0.676. The molecule has 0 radical (unpaired) electrons. The minimum atomic E-state index is 0.772. The fourth-order valence-electron chi connectivity index (χ4n) is 2.43. The molecule has 0 aromatic carbocycles. The van der Waals surface area contributed by atoms with E-state index in [2.05, 4.69) is 31.0 Å². The molecule has 0 unspecified atom stereocenters. The van der Waals surface area contributed by atoms with Crippen LogP contribution in [0.25, 0.3) is 0 Å². The van der Waals surface area contributed by atoms with Crippen LogP contribution in [0, 0.1) is 0 Å². The summed E-state index contributed by atoms with van der Waals surface area (Å²) in [5.74, 6) is 0. The molecule has 3 nitrogen and oxygen atoms in total. The third-order valence-electron chi connectivity index (χ3n) is 3.80. The number of nitrogens with zero attached hydrogens (tertiary/aromatic N) is 2. The van der Waals surface area contributed by atoms with Gasteiger partial charge in [-0.15, -0.1) is 11.3 Å². The minimum absolute atomic E-state index is 0.772. The quantitative estimate of drug-likeness (QED) is 0.662. The topological polar surface area (TPSA) is 28.2 Å². The van der Waals surface area contributed by atoms with Gasteiger partial charge in [0.25, 0.3) is 0 Å². The summed E-state index contributed by atoms with van der Waals surface area (Å²) in [6.07, 6.45) is 7.49. The van der Waals surface area contributed by atoms with Crippen LogP contribution in [0.1, 0.15) is 63.4 Å². The molecule has 1 aromatic heterocycles. The molecular formula is C16H29N3S. The summed E-state index contributed by atoms with van der Waals surface area (Å²) in [5, 5.41) is 4.79. The van der Waals surface area contributed by atoms with Crippen molar-refractivity contribution in [1.82, 2.24) is 10.3 Å². The Kier molecular flexibility index (Phi) is 6.30. The van der Waals surface area contributed by atoms with Gasteiger partial charge >= 0.3 is 0 Å². The number of thiazole rings is 1. The zero-order valence-electron chi connectivity index (χ0n) is 13.2. The molecule has 114 valence electrons. The third kappa shape index (κ3) is 4.19. The Labute approximate surface area is 127 Å². The molecule has 0 saturated heterocycles. The van der Waals surface area contributed by atoms with E-state index in [9.17, 15) is 0 Å². The molecule has 4 heteroatoms. The molecule has 1 aliphatic carbocycles. The predicted molar refractivity (Wildman–Crippen MR) is 88.8 cm³/mol. The molecule has 1 fully saturated rings. The van der Waals surface area contributed by atoms with Crippen molar-refractivity contribution in [2.24, 2.45) is 0 Å². The van der Waals surface area contributed by atoms with Crippen LogP contribution in [0.3, 0.4) is 0 Å². The molecule has 1 saturated carbocycles. The van der Waals surface area contributed by atoms with Crippen LogP contribution >= 0.6 is 11.3 Å². The Bertz CT molecular complexity index is 398. The number of unbranched alkanes of at least 4 members (excludes halogenated alkanes) is 1. The van der Waals surface area contributed by atoms with Gasteiger partial charge in [-0.2, -0.15) is 0 Å². The molecule has 0 aliphatic heterocycles. The molecule has 20 heavy (non-hydrogen) atoms. The standard InChI is InChI=1S/C16H29N3S/c1-4-7-11-19(13-8-9-13)16-18-14(6-3)15(20-16)12-17-10-5-2/h13,17H,4-12H2,1-3H3. The maximum atomic E-state index is 4.93. The van der Waals surface area contributed by atoms with Gasteiger partial charge in [-0.1, -0.05) is 27.2 Å². The first kappa shape index (κ1) is 15.8. The van der Waals surface area contributed by atoms with Gasteiger partial charge in [-0.3, -0.25) is 0 Å². The summed E-state index contributed by atoms with van der Waals surface area (Å²) in [7, 11) is 0. The van der Waals surface area contributed by atoms with E-state index >= 15 is 0 Å². The first-order valence-electron chi connectivity index (χ1n) is 8.26. The van der Waals surface area contributed by atoms with Crippen LogP contribution < -0.4 is 10.2 Å². The lowest BCUT2D eigenvalue weighted by atomic mass is 10.3. The van der Waals surface area contributed by atoms with Gasteiger partial charge in [0.05, 0.1) is 5.69 Å². The van der Waals surface area contributed by atoms with Crippen molar-refractivity contribution in [1.29, 1.82) is 0 Å². The fraction of sp³-hybridized carbons (Fsp3) is 0.812. The van der Waals surface area contributed by atoms with Crippen LogP contribution in [0.5, 0.6) is 0 Å². The molecule has 0 spiro atoms. The molecule has 1 aliphatic rings. The first-order valence-corrected chi connectivity index (χ1v) is 9.07. The Hall–Kier alpha value is -0.610. The largest absolute Gasteiger partial charge is 0.345 e. The molecule has 0 amide bonds. The van der Waals surface area contributed by atoms with E-state index in [4.69, 9.17) is 4.98 Å². The first-order chi connectivity index (χ1) is 9.80. The van der Waals surface area contributed by atoms with Crippen molar-refractivity contribution in [3.8, 4) is 0 Å². The number of hydrogen-bond donors (Lipinski definition) is 1. The Morgan fingerprint density at radius 1 is 1.25 bits per heavy atom. The maximum absolute atomic E-state index is 4.93. The van der Waals surface area contributed by atoms with E-state index in [1.165, 1.54) is 54.4 Å². The van der Waals surface area contributed by atoms with E-state index in [1.807, 2.05) is 11.3 Å². The highest BCUT2D eigenvalue weighted by molar-refractivity contribution is 7.15. The van der Waals surface area contributed by atoms with E-state index < -0.39 is 0 Å². The van der Waals surface area contributed by atoms with Gasteiger partial charge in [-0.05, 0) is 38.6 Å². The van der Waals surface area contributed by atoms with Crippen LogP contribution in [0.2, 0.25) is 0 Å². The number of anilines is 1. The van der Waals surface area contributed by atoms with E-state index in [0.29, 0.717) is 0 Å². The highest BCUT2D eigenvalue weighted by atomic mass is 32.1. The average Bonchev–Trinajstić information content (AvgIpc) is 3.21. The number of hydrogen-bond acceptors (Lipinski definition) is 4. The molecule has 1 aromatic rings. The van der Waals surface area contributed by atoms with Crippen LogP contribution in [0.15, 0.2) is 0 Å². The third-order valence-corrected chi connectivity index (χ3v) is 4.93. The summed E-state index contributed by atoms with van der Waals surface area (Å²) >= 11 is 1.91. The van der Waals surface area contributed by atoms with Gasteiger partial charge < -0.3 is 10.2 Å². The monoisotopic (exact) mass is 295 g/mol. The van der Waals surface area contributed by atoms with Gasteiger partial charge in [-0.25, -0.2) is 4.98 Å². The number of nitrogens with one attached hydrogen (secondary N) is 1. The van der Waals surface area contributed by atoms with Gasteiger partial charge in [0, 0.05) is 24.0 Å². The molecule has 0 bridgehead atoms. The van der Waals surface area contributed by atoms with Crippen molar-refractivity contribution in [2.75, 3.05) is 18.0 Å². The second-order valence-electron chi connectivity index (χ2n) is 5.67. The smallest absolute Gasteiger partial charge is 0.186 e. The number of rotatable bonds is 10. The van der Waals surface area contributed by atoms with Gasteiger partial charge in [0.15, 0.2) is 5.13 Å². The van der Waals surface area contributed by atoms with Crippen LogP contribution in [0.4, 0.5) is 5.13 Å². The minimum Gasteiger partial charge on any atom is -0.345 e. The van der Waals surface area contributed by atoms with Crippen LogP contribution in [-0.2, 0) is 13.0 Å². The number of aromatic nitrogens is 1. The highest BCUT2D eigenvalue weighted by Gasteiger charge is 2.31. The second kappa shape index (κ2) is 7.99. The number of aryl methyl sites for hydroxylation is 1. The van der Waals surface area contributed by atoms with Gasteiger partial charge in [0.2, 0.25) is 0 Å². The Morgan fingerprint density at radius 2 is 2.05 bits per heavy atom. The summed E-state index contributed by atoms with van der Waals surface area (Å²) in [4.78, 5) is 8.94. The fourth-order valence-corrected chi connectivity index (χ4v) is 3.65. The summed E-state index contributed by atoms with van der Waals surface area (Å²) < 4.78 is 0. The van der Waals surface area contributed by atoms with Gasteiger partial charge in [0.1, 0.15) is 0 Å². The predicted octanol–water partition coefficient (Wildman–Crippen LogP) is 3.97. The maximum Gasteiger partial charge on any atom is 0.186 e. The average molecular weight is 295 g/mol. The van der Waals surface area contributed by atoms with Crippen LogP contribution in [-0.4, -0.2) is 24.1 Å². The van der Waals surface area contributed by atoms with Crippen molar-refractivity contribution < 1.29 is 0 Å². The molecule has 2 rings (SSSR count). The van der Waals surface area contributed by atoms with E-state index in [0.717, 1.165) is 25.6 Å². The molecule has 1 N–H and O–H groups in total. The lowest BCUT2D eigenvalue weighted by Crippen LogP contribution is -2.26. The highest BCUT2D eigenvalue weighted by Crippen LogP contribution is 2.35. The normalized spacial score (nSPS) is 14.8.